The molecule has 4 saturated heterocycles. The summed E-state index contributed by atoms with van der Waals surface area (Å²) < 4.78 is 63.8. The van der Waals surface area contributed by atoms with E-state index in [4.69, 9.17) is 52.1 Å². The van der Waals surface area contributed by atoms with Gasteiger partial charge in [0.15, 0.2) is 18.9 Å². The Bertz CT molecular complexity index is 2860. The van der Waals surface area contributed by atoms with Crippen molar-refractivity contribution in [3.8, 4) is 0 Å². The maximum Gasteiger partial charge on any atom is 0.222 e. The van der Waals surface area contributed by atoms with Crippen LogP contribution < -0.4 is 58.5 Å². The van der Waals surface area contributed by atoms with Crippen LogP contribution in [-0.2, 0) is 105 Å². The van der Waals surface area contributed by atoms with Crippen LogP contribution in [0.25, 0.3) is 0 Å². The maximum absolute atomic E-state index is 14.1. The van der Waals surface area contributed by atoms with Gasteiger partial charge in [0.05, 0.1) is 84.4 Å². The lowest BCUT2D eigenvalue weighted by Gasteiger charge is -2.42. The Morgan fingerprint density at radius 2 is 0.632 bits per heavy atom. The Kier molecular flexibility index (Phi) is 56.8. The molecule has 0 saturated carbocycles. The Morgan fingerprint density at radius 3 is 0.936 bits per heavy atom. The van der Waals surface area contributed by atoms with Crippen LogP contribution in [0.3, 0.4) is 0 Å². The van der Waals surface area contributed by atoms with Crippen molar-refractivity contribution in [3.05, 3.63) is 0 Å². The lowest BCUT2D eigenvalue weighted by molar-refractivity contribution is -0.270. The summed E-state index contributed by atoms with van der Waals surface area (Å²) in [5, 5.41) is 132. The van der Waals surface area contributed by atoms with Crippen LogP contribution in [0.4, 0.5) is 0 Å². The fourth-order valence-corrected chi connectivity index (χ4v) is 14.0. The Morgan fingerprint density at radius 1 is 0.344 bits per heavy atom. The van der Waals surface area contributed by atoms with Crippen molar-refractivity contribution in [2.45, 2.75) is 323 Å². The van der Waals surface area contributed by atoms with Gasteiger partial charge in [-0.2, -0.15) is 0 Å². The van der Waals surface area contributed by atoms with E-state index in [1.165, 1.54) is 20.8 Å². The summed E-state index contributed by atoms with van der Waals surface area (Å²) in [6.07, 6.45) is -6.24. The molecule has 0 aromatic carbocycles. The van der Waals surface area contributed by atoms with Gasteiger partial charge in [-0.15, -0.1) is 0 Å². The molecule has 4 heterocycles. The van der Waals surface area contributed by atoms with Crippen LogP contribution in [0.5, 0.6) is 0 Å². The number of aliphatic hydroxyl groups excluding tert-OH is 10. The van der Waals surface area contributed by atoms with Gasteiger partial charge in [-0.25, -0.2) is 0 Å². The predicted molar refractivity (Wildman–Crippen MR) is 444 cm³/mol. The molecule has 18 atom stereocenters. The summed E-state index contributed by atoms with van der Waals surface area (Å²) in [4.78, 5) is 140. The Labute approximate surface area is 731 Å². The lowest BCUT2D eigenvalue weighted by atomic mass is 9.97. The van der Waals surface area contributed by atoms with Crippen LogP contribution in [-0.4, -0.2) is 370 Å². The normalized spacial score (nSPS) is 25.3. The van der Waals surface area contributed by atoms with Gasteiger partial charge in [-0.1, -0.05) is 38.5 Å². The minimum atomic E-state index is -1.47. The molecule has 18 unspecified atom stereocenters. The van der Waals surface area contributed by atoms with E-state index in [0.717, 1.165) is 38.5 Å². The first kappa shape index (κ1) is 111. The van der Waals surface area contributed by atoms with Gasteiger partial charge in [0, 0.05) is 144 Å². The molecule has 0 aliphatic carbocycles. The third kappa shape index (κ3) is 46.4. The summed E-state index contributed by atoms with van der Waals surface area (Å²) in [7, 11) is 0. The highest BCUT2D eigenvalue weighted by Crippen LogP contribution is 2.27. The van der Waals surface area contributed by atoms with Crippen molar-refractivity contribution in [3.63, 3.8) is 0 Å². The quantitative estimate of drug-likeness (QED) is 0.0254. The first-order chi connectivity index (χ1) is 59.9. The highest BCUT2D eigenvalue weighted by atomic mass is 16.7. The summed E-state index contributed by atoms with van der Waals surface area (Å²) in [5.41, 5.74) is -1.44. The molecule has 4 aliphatic rings. The van der Waals surface area contributed by atoms with E-state index < -0.39 is 147 Å². The summed E-state index contributed by atoms with van der Waals surface area (Å²) in [6, 6.07) is -3.30. The average molecular weight is 1800 g/mol. The second kappa shape index (κ2) is 64.1. The molecule has 125 heavy (non-hydrogen) atoms. The molecule has 722 valence electrons. The van der Waals surface area contributed by atoms with Crippen molar-refractivity contribution in [1.82, 2.24) is 58.5 Å². The number of carbonyl (C=O) groups is 11. The molecule has 4 fully saturated rings. The zero-order valence-electron chi connectivity index (χ0n) is 73.5. The highest BCUT2D eigenvalue weighted by molar-refractivity contribution is 5.79. The fraction of sp³-hybridized carbons (Fsp3) is 0.866. The monoisotopic (exact) mass is 1800 g/mol. The van der Waals surface area contributed by atoms with Crippen LogP contribution in [0.1, 0.15) is 202 Å². The average Bonchev–Trinajstić information content (AvgIpc) is 1.18. The SMILES string of the molecule is CC(=O)NC1C(OCCCCC(=O)NCCCNC(=O)CCOCC(COCCC(=O)NCCCNC(=O)CCCCOC2OC(CO)C(O)C(O)C2NC(C)=O)(COCCC(=O)NCCCNC(=O)CCCCOC2OC(CO)C(O)C(O)C2NC(C)=O)NC(=O)CCCCCCCCCCC(=O)NCC2CC(O)C(COC(C)C)O2)OC(CO)C(O)C1O. The number of hydrogen-bond donors (Lipinski definition) is 21. The van der Waals surface area contributed by atoms with Crippen LogP contribution in [0, 0.1) is 0 Å². The molecular weight excluding hydrogens is 1650 g/mol. The smallest absolute Gasteiger partial charge is 0.222 e. The van der Waals surface area contributed by atoms with Crippen molar-refractivity contribution in [2.24, 2.45) is 0 Å². The van der Waals surface area contributed by atoms with E-state index in [2.05, 4.69) is 58.5 Å². The largest absolute Gasteiger partial charge is 0.394 e. The van der Waals surface area contributed by atoms with Crippen molar-refractivity contribution in [2.75, 3.05) is 132 Å². The lowest BCUT2D eigenvalue weighted by Crippen LogP contribution is -2.64. The predicted octanol–water partition coefficient (Wildman–Crippen LogP) is -4.72. The third-order valence-electron chi connectivity index (χ3n) is 20.9. The van der Waals surface area contributed by atoms with Crippen LogP contribution >= 0.6 is 0 Å². The maximum atomic E-state index is 14.1. The van der Waals surface area contributed by atoms with Crippen LogP contribution in [0.15, 0.2) is 0 Å². The number of aliphatic hydroxyl groups is 10. The van der Waals surface area contributed by atoms with E-state index in [1.54, 1.807) is 0 Å². The van der Waals surface area contributed by atoms with Gasteiger partial charge >= 0.3 is 0 Å². The molecule has 0 spiro atoms. The summed E-state index contributed by atoms with van der Waals surface area (Å²) >= 11 is 0. The van der Waals surface area contributed by atoms with Crippen molar-refractivity contribution < 1.29 is 156 Å². The van der Waals surface area contributed by atoms with E-state index in [9.17, 15) is 104 Å². The zero-order chi connectivity index (χ0) is 91.9. The van der Waals surface area contributed by atoms with Gasteiger partial charge < -0.3 is 162 Å². The summed E-state index contributed by atoms with van der Waals surface area (Å²) in [5.74, 6) is -3.84. The standard InChI is InChI=1S/C82H147N11O32/c1-52(2)121-48-61-57(100)43-56(122-61)44-89-65(104)23-12-10-8-6-7-9-11-13-27-69(108)93-82(49-115-40-28-66(105)86-34-20-31-83-62(101)24-14-17-37-118-79-70(90-53(3)97)76(112)73(109)58(45-94)123-79,50-116-41-29-67(106)87-35-21-32-84-63(102)25-15-18-38-119-80-71(91-54(4)98)77(113)74(110)59(46-95)124-80)51-117-42-30-68(107)88-36-22-33-85-64(103)26-16-19-39-120-81-72(92-55(5)99)78(114)75(111)60(47-96)125-81/h52,56-61,70-81,94-96,100,109-114H,6-51H2,1-5H3,(H,83,101)(H,84,102)(H,85,103)(H,86,105)(H,87,106)(H,88,107)(H,89,104)(H,90,97)(H,91,98)(H,92,99)(H,93,108). The molecule has 0 aromatic heterocycles. The van der Waals surface area contributed by atoms with Gasteiger partial charge in [-0.05, 0) is 84.5 Å². The molecule has 43 heteroatoms. The van der Waals surface area contributed by atoms with E-state index in [1.807, 2.05) is 13.8 Å². The minimum absolute atomic E-state index is 0.00289. The minimum Gasteiger partial charge on any atom is -0.394 e. The van der Waals surface area contributed by atoms with Crippen LogP contribution in [0.2, 0.25) is 0 Å². The summed E-state index contributed by atoms with van der Waals surface area (Å²) in [6.45, 7) is 6.66. The van der Waals surface area contributed by atoms with E-state index in [0.29, 0.717) is 90.0 Å². The van der Waals surface area contributed by atoms with Crippen molar-refractivity contribution >= 4 is 65.0 Å². The Hall–Kier alpha value is -6.67. The number of unbranched alkanes of at least 4 members (excludes halogenated alkanes) is 10. The molecule has 0 bridgehead atoms. The molecule has 21 N–H and O–H groups in total. The number of hydrogen-bond acceptors (Lipinski definition) is 32. The molecule has 43 nitrogen and oxygen atoms in total. The van der Waals surface area contributed by atoms with Gasteiger partial charge in [0.1, 0.15) is 84.7 Å². The van der Waals surface area contributed by atoms with Gasteiger partial charge in [0.25, 0.3) is 0 Å². The van der Waals surface area contributed by atoms with E-state index in [-0.39, 0.29) is 210 Å². The molecule has 0 aromatic rings. The van der Waals surface area contributed by atoms with Crippen molar-refractivity contribution in [1.29, 1.82) is 0 Å². The number of carbonyl (C=O) groups excluding carboxylic acids is 11. The number of rotatable bonds is 68. The highest BCUT2D eigenvalue weighted by Gasteiger charge is 2.48. The fourth-order valence-electron chi connectivity index (χ4n) is 14.0. The second-order valence-corrected chi connectivity index (χ2v) is 32.3. The molecule has 11 amide bonds. The number of ether oxygens (including phenoxy) is 11. The first-order valence-corrected chi connectivity index (χ1v) is 44.3. The number of nitrogens with one attached hydrogen (secondary N) is 11. The molecular formula is C82H147N11O32. The zero-order valence-corrected chi connectivity index (χ0v) is 73.5. The second-order valence-electron chi connectivity index (χ2n) is 32.3. The van der Waals surface area contributed by atoms with Gasteiger partial charge in [-0.3, -0.25) is 52.7 Å². The Balaban J connectivity index is 1.30. The first-order valence-electron chi connectivity index (χ1n) is 44.3. The third-order valence-corrected chi connectivity index (χ3v) is 20.9. The van der Waals surface area contributed by atoms with Gasteiger partial charge in [0.2, 0.25) is 65.0 Å². The van der Waals surface area contributed by atoms with E-state index >= 15 is 0 Å². The molecule has 0 radical (unpaired) electrons. The molecule has 4 aliphatic heterocycles. The molecule has 4 rings (SSSR count). The number of amides is 11. The topological polar surface area (TPSA) is 624 Å².